The van der Waals surface area contributed by atoms with E-state index >= 15 is 0 Å². The van der Waals surface area contributed by atoms with Crippen molar-refractivity contribution in [1.82, 2.24) is 9.80 Å². The highest BCUT2D eigenvalue weighted by molar-refractivity contribution is 6.25. The van der Waals surface area contributed by atoms with E-state index in [1.54, 1.807) is 18.2 Å². The molecule has 0 aliphatic carbocycles. The van der Waals surface area contributed by atoms with Gasteiger partial charge in [-0.2, -0.15) is 0 Å². The molecule has 0 bridgehead atoms. The summed E-state index contributed by atoms with van der Waals surface area (Å²) in [4.78, 5) is 37.5. The topological polar surface area (TPSA) is 124 Å². The predicted molar refractivity (Wildman–Crippen MR) is 97.0 cm³/mol. The van der Waals surface area contributed by atoms with E-state index in [0.717, 1.165) is 5.39 Å². The smallest absolute Gasteiger partial charge is 0.329 e. The number of nitrogen functional groups attached to an aromatic ring is 1. The van der Waals surface area contributed by atoms with Crippen LogP contribution in [0.3, 0.4) is 0 Å². The van der Waals surface area contributed by atoms with Crippen molar-refractivity contribution in [3.8, 4) is 0 Å². The molecule has 3 rings (SSSR count). The molecule has 1 heterocycles. The molecule has 0 radical (unpaired) electrons. The fourth-order valence-corrected chi connectivity index (χ4v) is 2.68. The van der Waals surface area contributed by atoms with E-state index in [9.17, 15) is 9.59 Å². The van der Waals surface area contributed by atoms with Crippen molar-refractivity contribution in [3.63, 3.8) is 0 Å². The zero-order valence-electron chi connectivity index (χ0n) is 14.6. The number of hydrogen-bond donors (Lipinski definition) is 3. The minimum Gasteiger partial charge on any atom is -0.480 e. The number of imide groups is 1. The van der Waals surface area contributed by atoms with Crippen LogP contribution < -0.4 is 5.73 Å². The molecule has 0 saturated heterocycles. The number of carbonyl (C=O) groups is 3. The fourth-order valence-electron chi connectivity index (χ4n) is 2.68. The average molecular weight is 359 g/mol. The van der Waals surface area contributed by atoms with Crippen LogP contribution in [0.5, 0.6) is 0 Å². The molecular weight excluding hydrogens is 338 g/mol. The normalized spacial score (nSPS) is 13.0. The zero-order chi connectivity index (χ0) is 19.4. The summed E-state index contributed by atoms with van der Waals surface area (Å²) in [5.74, 6) is -1.69. The van der Waals surface area contributed by atoms with Crippen LogP contribution in [0, 0.1) is 0 Å². The lowest BCUT2D eigenvalue weighted by Gasteiger charge is -2.28. The highest BCUT2D eigenvalue weighted by Gasteiger charge is 2.32. The maximum Gasteiger partial charge on any atom is 0.329 e. The molecule has 0 fully saturated rings. The number of nitrogens with zero attached hydrogens (tertiary/aromatic N) is 2. The lowest BCUT2D eigenvalue weighted by Crippen LogP contribution is -2.43. The molecule has 26 heavy (non-hydrogen) atoms. The van der Waals surface area contributed by atoms with Gasteiger partial charge in [-0.3, -0.25) is 14.5 Å². The molecular formula is C18H21N3O5. The molecule has 0 saturated carbocycles. The molecule has 2 amide bonds. The molecule has 2 aromatic rings. The van der Waals surface area contributed by atoms with E-state index in [1.165, 1.54) is 4.90 Å². The van der Waals surface area contributed by atoms with Crippen LogP contribution in [0.25, 0.3) is 10.8 Å². The van der Waals surface area contributed by atoms with Crippen LogP contribution in [0.4, 0.5) is 5.69 Å². The van der Waals surface area contributed by atoms with Crippen molar-refractivity contribution < 1.29 is 24.6 Å². The first kappa shape index (κ1) is 19.4. The number of carbonyl (C=O) groups excluding carboxylic acids is 2. The minimum absolute atomic E-state index is 0.232. The Kier molecular flexibility index (Phi) is 5.91. The van der Waals surface area contributed by atoms with Gasteiger partial charge in [-0.25, -0.2) is 4.79 Å². The number of aliphatic carboxylic acids is 1. The summed E-state index contributed by atoms with van der Waals surface area (Å²) in [5, 5.41) is 16.6. The predicted octanol–water partition coefficient (Wildman–Crippen LogP) is 0.643. The number of likely N-dealkylation sites (N-methyl/N-ethyl adjacent to an activating group) is 1. The molecule has 8 nitrogen and oxygen atoms in total. The van der Waals surface area contributed by atoms with Crippen molar-refractivity contribution in [2.75, 3.05) is 39.5 Å². The third kappa shape index (κ3) is 3.98. The Hall–Kier alpha value is -2.97. The summed E-state index contributed by atoms with van der Waals surface area (Å²) in [6.45, 7) is 0.223. The highest BCUT2D eigenvalue weighted by atomic mass is 16.4. The molecule has 4 N–H and O–H groups in total. The summed E-state index contributed by atoms with van der Waals surface area (Å²) in [7, 11) is 3.82. The quantitative estimate of drug-likeness (QED) is 0.540. The van der Waals surface area contributed by atoms with Crippen molar-refractivity contribution in [2.45, 2.75) is 0 Å². The van der Waals surface area contributed by atoms with Crippen LogP contribution in [0.2, 0.25) is 0 Å². The first-order valence-electron chi connectivity index (χ1n) is 7.92. The van der Waals surface area contributed by atoms with Crippen molar-refractivity contribution in [1.29, 1.82) is 0 Å². The Bertz CT molecular complexity index is 863. The number of anilines is 1. The number of carboxylic acid groups (broad SMARTS) is 1. The number of carboxylic acids is 1. The number of aliphatic hydroxyl groups excluding tert-OH is 1. The van der Waals surface area contributed by atoms with Crippen LogP contribution in [0.1, 0.15) is 20.7 Å². The molecule has 0 unspecified atom stereocenters. The van der Waals surface area contributed by atoms with Gasteiger partial charge in [-0.15, -0.1) is 0 Å². The van der Waals surface area contributed by atoms with E-state index in [0.29, 0.717) is 35.3 Å². The molecule has 1 aliphatic rings. The molecule has 0 aromatic heterocycles. The van der Waals surface area contributed by atoms with Gasteiger partial charge in [-0.05, 0) is 37.7 Å². The van der Waals surface area contributed by atoms with Gasteiger partial charge in [0.25, 0.3) is 11.8 Å². The molecule has 2 aromatic carbocycles. The van der Waals surface area contributed by atoms with E-state index in [4.69, 9.17) is 20.7 Å². The molecule has 0 atom stereocenters. The first-order chi connectivity index (χ1) is 12.3. The van der Waals surface area contributed by atoms with Crippen molar-refractivity contribution >= 4 is 34.2 Å². The van der Waals surface area contributed by atoms with Crippen molar-refractivity contribution in [3.05, 3.63) is 41.5 Å². The standard InChI is InChI=1S/C16H17N3O2.C2H4O3/c1-18(2)6-7-19-15(20)12-5-3-4-10-8-11(17)9-13(14(10)12)16(19)21;3-1-2(4)5/h3-5,8-9H,6-7,17H2,1-2H3;3H,1H2,(H,4,5). The van der Waals surface area contributed by atoms with Crippen molar-refractivity contribution in [2.24, 2.45) is 0 Å². The summed E-state index contributed by atoms with van der Waals surface area (Å²) in [6.07, 6.45) is 0. The third-order valence-electron chi connectivity index (χ3n) is 3.86. The Morgan fingerprint density at radius 2 is 1.77 bits per heavy atom. The first-order valence-corrected chi connectivity index (χ1v) is 7.92. The average Bonchev–Trinajstić information content (AvgIpc) is 2.59. The SMILES string of the molecule is CN(C)CCN1C(=O)c2cccc3cc(N)cc(c23)C1=O.O=C(O)CO. The summed E-state index contributed by atoms with van der Waals surface area (Å²) in [6, 6.07) is 8.90. The van der Waals surface area contributed by atoms with Crippen LogP contribution in [-0.2, 0) is 4.79 Å². The van der Waals surface area contributed by atoms with E-state index in [-0.39, 0.29) is 11.8 Å². The Balaban J connectivity index is 0.000000431. The Morgan fingerprint density at radius 3 is 2.35 bits per heavy atom. The maximum absolute atomic E-state index is 12.6. The van der Waals surface area contributed by atoms with Gasteiger partial charge in [0.2, 0.25) is 0 Å². The number of aliphatic hydroxyl groups is 1. The summed E-state index contributed by atoms with van der Waals surface area (Å²) in [5.41, 5.74) is 7.49. The molecule has 138 valence electrons. The number of rotatable bonds is 4. The third-order valence-corrected chi connectivity index (χ3v) is 3.86. The second-order valence-electron chi connectivity index (χ2n) is 6.09. The lowest BCUT2D eigenvalue weighted by molar-refractivity contribution is -0.140. The molecule has 1 aliphatic heterocycles. The van der Waals surface area contributed by atoms with Gasteiger partial charge < -0.3 is 20.8 Å². The Labute approximate surface area is 150 Å². The van der Waals surface area contributed by atoms with E-state index in [1.807, 2.05) is 31.1 Å². The number of hydrogen-bond acceptors (Lipinski definition) is 6. The van der Waals surface area contributed by atoms with Gasteiger partial charge in [0.1, 0.15) is 6.61 Å². The Morgan fingerprint density at radius 1 is 1.15 bits per heavy atom. The minimum atomic E-state index is -1.19. The maximum atomic E-state index is 12.6. The van der Waals surface area contributed by atoms with Gasteiger partial charge >= 0.3 is 5.97 Å². The van der Waals surface area contributed by atoms with Gasteiger partial charge in [0, 0.05) is 29.7 Å². The second-order valence-corrected chi connectivity index (χ2v) is 6.09. The number of benzene rings is 2. The fraction of sp³-hybridized carbons (Fsp3) is 0.278. The number of nitrogens with two attached hydrogens (primary N) is 1. The van der Waals surface area contributed by atoms with E-state index in [2.05, 4.69) is 0 Å². The van der Waals surface area contributed by atoms with E-state index < -0.39 is 12.6 Å². The number of amides is 2. The monoisotopic (exact) mass is 359 g/mol. The molecule has 8 heteroatoms. The van der Waals surface area contributed by atoms with Crippen LogP contribution in [-0.4, -0.2) is 71.6 Å². The van der Waals surface area contributed by atoms with Crippen LogP contribution >= 0.6 is 0 Å². The lowest BCUT2D eigenvalue weighted by atomic mass is 9.93. The van der Waals surface area contributed by atoms with Gasteiger partial charge in [0.15, 0.2) is 0 Å². The van der Waals surface area contributed by atoms with Gasteiger partial charge in [-0.1, -0.05) is 12.1 Å². The molecule has 0 spiro atoms. The largest absolute Gasteiger partial charge is 0.480 e. The zero-order valence-corrected chi connectivity index (χ0v) is 14.6. The second kappa shape index (κ2) is 7.94. The summed E-state index contributed by atoms with van der Waals surface area (Å²) < 4.78 is 0. The van der Waals surface area contributed by atoms with Gasteiger partial charge in [0.05, 0.1) is 5.56 Å². The summed E-state index contributed by atoms with van der Waals surface area (Å²) >= 11 is 0. The van der Waals surface area contributed by atoms with Crippen LogP contribution in [0.15, 0.2) is 30.3 Å². The highest BCUT2D eigenvalue weighted by Crippen LogP contribution is 2.31.